The summed E-state index contributed by atoms with van der Waals surface area (Å²) >= 11 is 0. The fourth-order valence-corrected chi connectivity index (χ4v) is 3.54. The molecule has 0 aliphatic heterocycles. The number of halogens is 1. The maximum Gasteiger partial charge on any atom is 0.321 e. The molecule has 9 heteroatoms. The van der Waals surface area contributed by atoms with Crippen LogP contribution in [-0.2, 0) is 30.9 Å². The molecule has 2 aromatic rings. The van der Waals surface area contributed by atoms with E-state index in [0.717, 1.165) is 9.87 Å². The Kier molecular flexibility index (Phi) is 7.46. The number of esters is 1. The third-order valence-electron chi connectivity index (χ3n) is 4.23. The Morgan fingerprint density at radius 3 is 2.28 bits per heavy atom. The number of carbonyl (C=O) groups is 2. The minimum Gasteiger partial charge on any atom is -0.455 e. The number of benzene rings is 2. The Hall–Kier alpha value is -2.78. The molecule has 0 aliphatic carbocycles. The van der Waals surface area contributed by atoms with Gasteiger partial charge in [-0.05, 0) is 25.1 Å². The van der Waals surface area contributed by atoms with Gasteiger partial charge in [-0.1, -0.05) is 35.9 Å². The predicted molar refractivity (Wildman–Crippen MR) is 105 cm³/mol. The second kappa shape index (κ2) is 9.62. The molecule has 2 aromatic carbocycles. The molecule has 0 atom stereocenters. The van der Waals surface area contributed by atoms with E-state index in [0.29, 0.717) is 5.56 Å². The van der Waals surface area contributed by atoms with E-state index in [1.165, 1.54) is 37.2 Å². The van der Waals surface area contributed by atoms with Crippen LogP contribution in [0.2, 0.25) is 0 Å². The number of hydrogen-bond acceptors (Lipinski definition) is 5. The van der Waals surface area contributed by atoms with Gasteiger partial charge in [-0.25, -0.2) is 12.8 Å². The van der Waals surface area contributed by atoms with Gasteiger partial charge in [-0.3, -0.25) is 9.59 Å². The SMILES string of the molecule is Cc1ccc(S(=O)(=O)N(C)CC(=O)OCC(=O)N(C)Cc2ccccc2F)cc1. The maximum absolute atomic E-state index is 13.7. The molecule has 0 aromatic heterocycles. The molecule has 0 fully saturated rings. The smallest absolute Gasteiger partial charge is 0.321 e. The third kappa shape index (κ3) is 6.10. The number of nitrogens with zero attached hydrogens (tertiary/aromatic N) is 2. The molecule has 29 heavy (non-hydrogen) atoms. The fraction of sp³-hybridized carbons (Fsp3) is 0.300. The summed E-state index contributed by atoms with van der Waals surface area (Å²) in [5.41, 5.74) is 1.24. The van der Waals surface area contributed by atoms with Gasteiger partial charge in [0.1, 0.15) is 12.4 Å². The van der Waals surface area contributed by atoms with Crippen LogP contribution in [0.4, 0.5) is 4.39 Å². The summed E-state index contributed by atoms with van der Waals surface area (Å²) < 4.78 is 44.3. The quantitative estimate of drug-likeness (QED) is 0.607. The number of amides is 1. The van der Waals surface area contributed by atoms with Crippen LogP contribution in [0.3, 0.4) is 0 Å². The van der Waals surface area contributed by atoms with Crippen LogP contribution in [0.25, 0.3) is 0 Å². The van der Waals surface area contributed by atoms with Gasteiger partial charge < -0.3 is 9.64 Å². The van der Waals surface area contributed by atoms with Crippen molar-refractivity contribution in [2.45, 2.75) is 18.4 Å². The van der Waals surface area contributed by atoms with Crippen LogP contribution >= 0.6 is 0 Å². The van der Waals surface area contributed by atoms with Gasteiger partial charge in [0.05, 0.1) is 4.90 Å². The molecule has 1 amide bonds. The topological polar surface area (TPSA) is 84.0 Å². The summed E-state index contributed by atoms with van der Waals surface area (Å²) in [5, 5.41) is 0. The Labute approximate surface area is 169 Å². The number of likely N-dealkylation sites (N-methyl/N-ethyl adjacent to an activating group) is 2. The fourth-order valence-electron chi connectivity index (χ4n) is 2.43. The number of aryl methyl sites for hydroxylation is 1. The Morgan fingerprint density at radius 2 is 1.66 bits per heavy atom. The van der Waals surface area contributed by atoms with Gasteiger partial charge in [0.2, 0.25) is 10.0 Å². The van der Waals surface area contributed by atoms with Crippen molar-refractivity contribution in [3.8, 4) is 0 Å². The van der Waals surface area contributed by atoms with Gasteiger partial charge in [0.15, 0.2) is 6.61 Å². The molecule has 0 aliphatic rings. The van der Waals surface area contributed by atoms with E-state index in [4.69, 9.17) is 4.74 Å². The van der Waals surface area contributed by atoms with E-state index < -0.39 is 40.9 Å². The van der Waals surface area contributed by atoms with Crippen LogP contribution in [0.1, 0.15) is 11.1 Å². The van der Waals surface area contributed by atoms with Gasteiger partial charge in [0, 0.05) is 26.2 Å². The van der Waals surface area contributed by atoms with Crippen molar-refractivity contribution < 1.29 is 27.1 Å². The van der Waals surface area contributed by atoms with E-state index in [1.54, 1.807) is 30.3 Å². The molecule has 0 saturated heterocycles. The van der Waals surface area contributed by atoms with E-state index in [1.807, 2.05) is 6.92 Å². The summed E-state index contributed by atoms with van der Waals surface area (Å²) in [4.78, 5) is 25.3. The van der Waals surface area contributed by atoms with Crippen molar-refractivity contribution in [1.29, 1.82) is 0 Å². The van der Waals surface area contributed by atoms with Crippen molar-refractivity contribution in [3.05, 3.63) is 65.5 Å². The Bertz CT molecular complexity index is 977. The highest BCUT2D eigenvalue weighted by Crippen LogP contribution is 2.15. The van der Waals surface area contributed by atoms with Crippen molar-refractivity contribution in [3.63, 3.8) is 0 Å². The van der Waals surface area contributed by atoms with Crippen molar-refractivity contribution >= 4 is 21.9 Å². The first-order valence-corrected chi connectivity index (χ1v) is 10.2. The average molecular weight is 422 g/mol. The molecule has 0 saturated carbocycles. The lowest BCUT2D eigenvalue weighted by Gasteiger charge is -2.19. The number of sulfonamides is 1. The summed E-state index contributed by atoms with van der Waals surface area (Å²) in [6.07, 6.45) is 0. The highest BCUT2D eigenvalue weighted by atomic mass is 32.2. The van der Waals surface area contributed by atoms with Gasteiger partial charge in [0.25, 0.3) is 5.91 Å². The second-order valence-corrected chi connectivity index (χ2v) is 8.62. The standard InChI is InChI=1S/C20H23FN2O5S/c1-15-8-10-17(11-9-15)29(26,27)23(3)13-20(25)28-14-19(24)22(2)12-16-6-4-5-7-18(16)21/h4-11H,12-14H2,1-3H3. The zero-order valence-corrected chi connectivity index (χ0v) is 17.3. The molecule has 0 spiro atoms. The lowest BCUT2D eigenvalue weighted by Crippen LogP contribution is -2.35. The zero-order chi connectivity index (χ0) is 21.6. The molecule has 0 radical (unpaired) electrons. The number of carbonyl (C=O) groups excluding carboxylic acids is 2. The van der Waals surface area contributed by atoms with Gasteiger partial charge >= 0.3 is 5.97 Å². The lowest BCUT2D eigenvalue weighted by molar-refractivity contribution is -0.151. The van der Waals surface area contributed by atoms with E-state index >= 15 is 0 Å². The minimum atomic E-state index is -3.86. The molecule has 0 N–H and O–H groups in total. The Morgan fingerprint density at radius 1 is 1.03 bits per heavy atom. The highest BCUT2D eigenvalue weighted by Gasteiger charge is 2.24. The minimum absolute atomic E-state index is 0.0186. The lowest BCUT2D eigenvalue weighted by atomic mass is 10.2. The van der Waals surface area contributed by atoms with Crippen LogP contribution in [0.5, 0.6) is 0 Å². The highest BCUT2D eigenvalue weighted by molar-refractivity contribution is 7.89. The normalized spacial score (nSPS) is 11.3. The largest absolute Gasteiger partial charge is 0.455 e. The molecule has 0 bridgehead atoms. The first-order valence-electron chi connectivity index (χ1n) is 8.77. The van der Waals surface area contributed by atoms with Gasteiger partial charge in [-0.2, -0.15) is 4.31 Å². The molecule has 7 nitrogen and oxygen atoms in total. The molecule has 2 rings (SSSR count). The van der Waals surface area contributed by atoms with Crippen LogP contribution in [-0.4, -0.2) is 56.7 Å². The summed E-state index contributed by atoms with van der Waals surface area (Å²) in [7, 11) is -1.15. The van der Waals surface area contributed by atoms with Crippen LogP contribution in [0.15, 0.2) is 53.4 Å². The van der Waals surface area contributed by atoms with Crippen molar-refractivity contribution in [2.24, 2.45) is 0 Å². The Balaban J connectivity index is 1.87. The predicted octanol–water partition coefficient (Wildman–Crippen LogP) is 1.96. The maximum atomic E-state index is 13.7. The molecular weight excluding hydrogens is 399 g/mol. The number of hydrogen-bond donors (Lipinski definition) is 0. The van der Waals surface area contributed by atoms with E-state index in [-0.39, 0.29) is 11.4 Å². The van der Waals surface area contributed by atoms with E-state index in [9.17, 15) is 22.4 Å². The van der Waals surface area contributed by atoms with Gasteiger partial charge in [-0.15, -0.1) is 0 Å². The second-order valence-electron chi connectivity index (χ2n) is 6.58. The number of rotatable bonds is 8. The molecule has 0 unspecified atom stereocenters. The summed E-state index contributed by atoms with van der Waals surface area (Å²) in [5.74, 6) is -1.84. The monoisotopic (exact) mass is 422 g/mol. The molecular formula is C20H23FN2O5S. The van der Waals surface area contributed by atoms with Crippen molar-refractivity contribution in [1.82, 2.24) is 9.21 Å². The third-order valence-corrected chi connectivity index (χ3v) is 6.05. The molecule has 0 heterocycles. The van der Waals surface area contributed by atoms with Crippen LogP contribution in [0, 0.1) is 12.7 Å². The molecule has 156 valence electrons. The first kappa shape index (κ1) is 22.5. The summed E-state index contributed by atoms with van der Waals surface area (Å²) in [6, 6.07) is 12.3. The van der Waals surface area contributed by atoms with Crippen molar-refractivity contribution in [2.75, 3.05) is 27.2 Å². The zero-order valence-electron chi connectivity index (χ0n) is 16.5. The first-order chi connectivity index (χ1) is 13.6. The number of ether oxygens (including phenoxy) is 1. The van der Waals surface area contributed by atoms with E-state index in [2.05, 4.69) is 0 Å². The average Bonchev–Trinajstić information content (AvgIpc) is 2.68. The summed E-state index contributed by atoms with van der Waals surface area (Å²) in [6.45, 7) is 0.741. The van der Waals surface area contributed by atoms with Crippen LogP contribution < -0.4 is 0 Å².